The van der Waals surface area contributed by atoms with Crippen molar-refractivity contribution >= 4 is 5.91 Å². The summed E-state index contributed by atoms with van der Waals surface area (Å²) in [7, 11) is 1.62. The summed E-state index contributed by atoms with van der Waals surface area (Å²) >= 11 is 0. The molecule has 1 heterocycles. The lowest BCUT2D eigenvalue weighted by Crippen LogP contribution is -2.25. The highest BCUT2D eigenvalue weighted by atomic mass is 16.5. The van der Waals surface area contributed by atoms with Gasteiger partial charge in [-0.3, -0.25) is 9.89 Å². The maximum atomic E-state index is 11.8. The minimum atomic E-state index is -0.0673. The van der Waals surface area contributed by atoms with Crippen molar-refractivity contribution < 1.29 is 9.53 Å². The molecule has 0 spiro atoms. The highest BCUT2D eigenvalue weighted by molar-refractivity contribution is 5.78. The van der Waals surface area contributed by atoms with E-state index in [-0.39, 0.29) is 5.91 Å². The predicted molar refractivity (Wildman–Crippen MR) is 69.7 cm³/mol. The number of H-pyrrole nitrogens is 1. The molecule has 2 N–H and O–H groups in total. The summed E-state index contributed by atoms with van der Waals surface area (Å²) in [5, 5.41) is 9.17. The van der Waals surface area contributed by atoms with Gasteiger partial charge in [0, 0.05) is 0 Å². The predicted octanol–water partition coefficient (Wildman–Crippen LogP) is 0.981. The first kappa shape index (κ1) is 13.1. The molecule has 0 aliphatic rings. The van der Waals surface area contributed by atoms with Crippen LogP contribution in [0.2, 0.25) is 0 Å². The Morgan fingerprint density at radius 1 is 1.47 bits per heavy atom. The zero-order valence-electron chi connectivity index (χ0n) is 10.9. The molecular weight excluding hydrogens is 244 g/mol. The standard InChI is InChI=1S/C13H16N4O2/c1-9-3-4-10(5-11(9)19-2)6-13(18)14-7-12-15-8-16-17-12/h3-5,8H,6-7H2,1-2H3,(H,14,18)(H,15,16,17). The Kier molecular flexibility index (Phi) is 4.12. The number of aryl methyl sites for hydroxylation is 1. The summed E-state index contributed by atoms with van der Waals surface area (Å²) in [4.78, 5) is 15.7. The molecule has 0 aliphatic heterocycles. The third-order valence-corrected chi connectivity index (χ3v) is 2.76. The van der Waals surface area contributed by atoms with Crippen LogP contribution in [0, 0.1) is 6.92 Å². The quantitative estimate of drug-likeness (QED) is 0.840. The molecule has 100 valence electrons. The summed E-state index contributed by atoms with van der Waals surface area (Å²) in [5.41, 5.74) is 1.96. The molecule has 1 aromatic heterocycles. The number of aromatic amines is 1. The number of ether oxygens (including phenoxy) is 1. The smallest absolute Gasteiger partial charge is 0.224 e. The summed E-state index contributed by atoms with van der Waals surface area (Å²) in [6.45, 7) is 2.31. The fourth-order valence-electron chi connectivity index (χ4n) is 1.72. The molecule has 0 bridgehead atoms. The van der Waals surface area contributed by atoms with E-state index in [1.807, 2.05) is 25.1 Å². The van der Waals surface area contributed by atoms with Crippen LogP contribution in [0.25, 0.3) is 0 Å². The van der Waals surface area contributed by atoms with Gasteiger partial charge in [-0.05, 0) is 24.1 Å². The van der Waals surface area contributed by atoms with Gasteiger partial charge in [-0.15, -0.1) is 0 Å². The number of hydrogen-bond acceptors (Lipinski definition) is 4. The molecule has 19 heavy (non-hydrogen) atoms. The molecule has 0 saturated heterocycles. The van der Waals surface area contributed by atoms with E-state index in [0.29, 0.717) is 18.8 Å². The molecule has 0 fully saturated rings. The molecule has 0 aliphatic carbocycles. The average molecular weight is 260 g/mol. The van der Waals surface area contributed by atoms with Crippen molar-refractivity contribution in [1.82, 2.24) is 20.5 Å². The molecule has 0 saturated carbocycles. The number of rotatable bonds is 5. The third-order valence-electron chi connectivity index (χ3n) is 2.76. The zero-order chi connectivity index (χ0) is 13.7. The van der Waals surface area contributed by atoms with Crippen LogP contribution in [0.5, 0.6) is 5.75 Å². The van der Waals surface area contributed by atoms with Crippen LogP contribution in [0.1, 0.15) is 17.0 Å². The van der Waals surface area contributed by atoms with Crippen molar-refractivity contribution in [2.75, 3.05) is 7.11 Å². The van der Waals surface area contributed by atoms with E-state index in [9.17, 15) is 4.79 Å². The van der Waals surface area contributed by atoms with Gasteiger partial charge in [0.25, 0.3) is 0 Å². The molecule has 6 heteroatoms. The van der Waals surface area contributed by atoms with Gasteiger partial charge in [0.2, 0.25) is 5.91 Å². The fourth-order valence-corrected chi connectivity index (χ4v) is 1.72. The van der Waals surface area contributed by atoms with Gasteiger partial charge in [-0.25, -0.2) is 4.98 Å². The average Bonchev–Trinajstić information content (AvgIpc) is 2.92. The van der Waals surface area contributed by atoms with Crippen LogP contribution in [-0.2, 0) is 17.8 Å². The maximum Gasteiger partial charge on any atom is 0.224 e. The number of benzene rings is 1. The normalized spacial score (nSPS) is 10.2. The number of nitrogens with zero attached hydrogens (tertiary/aromatic N) is 2. The van der Waals surface area contributed by atoms with E-state index in [1.165, 1.54) is 6.33 Å². The van der Waals surface area contributed by atoms with Crippen LogP contribution in [0.3, 0.4) is 0 Å². The number of nitrogens with one attached hydrogen (secondary N) is 2. The number of amides is 1. The van der Waals surface area contributed by atoms with Crippen molar-refractivity contribution in [2.24, 2.45) is 0 Å². The highest BCUT2D eigenvalue weighted by Gasteiger charge is 2.06. The third kappa shape index (κ3) is 3.54. The monoisotopic (exact) mass is 260 g/mol. The lowest BCUT2D eigenvalue weighted by molar-refractivity contribution is -0.120. The van der Waals surface area contributed by atoms with Crippen molar-refractivity contribution in [3.8, 4) is 5.75 Å². The van der Waals surface area contributed by atoms with Gasteiger partial charge >= 0.3 is 0 Å². The molecule has 0 atom stereocenters. The second kappa shape index (κ2) is 5.99. The minimum absolute atomic E-state index is 0.0673. The minimum Gasteiger partial charge on any atom is -0.496 e. The van der Waals surface area contributed by atoms with Crippen molar-refractivity contribution in [3.63, 3.8) is 0 Å². The van der Waals surface area contributed by atoms with Crippen molar-refractivity contribution in [1.29, 1.82) is 0 Å². The van der Waals surface area contributed by atoms with E-state index >= 15 is 0 Å². The first-order valence-corrected chi connectivity index (χ1v) is 5.93. The van der Waals surface area contributed by atoms with E-state index in [4.69, 9.17) is 4.74 Å². The number of carbonyl (C=O) groups excluding carboxylic acids is 1. The summed E-state index contributed by atoms with van der Waals surface area (Å²) in [5.74, 6) is 1.36. The Morgan fingerprint density at radius 3 is 3.00 bits per heavy atom. The Morgan fingerprint density at radius 2 is 2.32 bits per heavy atom. The van der Waals surface area contributed by atoms with E-state index in [0.717, 1.165) is 16.9 Å². The summed E-state index contributed by atoms with van der Waals surface area (Å²) in [6, 6.07) is 5.74. The Labute approximate surface area is 111 Å². The SMILES string of the molecule is COc1cc(CC(=O)NCc2ncn[nH]2)ccc1C. The molecule has 0 unspecified atom stereocenters. The second-order valence-corrected chi connectivity index (χ2v) is 4.19. The van der Waals surface area contributed by atoms with Crippen LogP contribution < -0.4 is 10.1 Å². The van der Waals surface area contributed by atoms with Gasteiger partial charge in [-0.1, -0.05) is 12.1 Å². The summed E-state index contributed by atoms with van der Waals surface area (Å²) in [6.07, 6.45) is 1.72. The second-order valence-electron chi connectivity index (χ2n) is 4.19. The van der Waals surface area contributed by atoms with Crippen LogP contribution in [0.15, 0.2) is 24.5 Å². The lowest BCUT2D eigenvalue weighted by atomic mass is 10.1. The van der Waals surface area contributed by atoms with E-state index in [2.05, 4.69) is 20.5 Å². The number of methoxy groups -OCH3 is 1. The Balaban J connectivity index is 1.91. The molecule has 1 aromatic carbocycles. The van der Waals surface area contributed by atoms with Crippen LogP contribution in [-0.4, -0.2) is 28.2 Å². The molecular formula is C13H16N4O2. The van der Waals surface area contributed by atoms with E-state index in [1.54, 1.807) is 7.11 Å². The van der Waals surface area contributed by atoms with E-state index < -0.39 is 0 Å². The first-order chi connectivity index (χ1) is 9.19. The lowest BCUT2D eigenvalue weighted by Gasteiger charge is -2.08. The number of carbonyl (C=O) groups is 1. The van der Waals surface area contributed by atoms with Gasteiger partial charge in [0.05, 0.1) is 20.1 Å². The topological polar surface area (TPSA) is 79.9 Å². The highest BCUT2D eigenvalue weighted by Crippen LogP contribution is 2.19. The van der Waals surface area contributed by atoms with Gasteiger partial charge in [-0.2, -0.15) is 5.10 Å². The molecule has 0 radical (unpaired) electrons. The Hall–Kier alpha value is -2.37. The Bertz CT molecular complexity index is 552. The van der Waals surface area contributed by atoms with Crippen LogP contribution >= 0.6 is 0 Å². The first-order valence-electron chi connectivity index (χ1n) is 5.93. The molecule has 6 nitrogen and oxygen atoms in total. The van der Waals surface area contributed by atoms with Crippen LogP contribution in [0.4, 0.5) is 0 Å². The molecule has 2 rings (SSSR count). The zero-order valence-corrected chi connectivity index (χ0v) is 10.9. The maximum absolute atomic E-state index is 11.8. The molecule has 1 amide bonds. The largest absolute Gasteiger partial charge is 0.496 e. The fraction of sp³-hybridized carbons (Fsp3) is 0.308. The van der Waals surface area contributed by atoms with Gasteiger partial charge in [0.15, 0.2) is 0 Å². The summed E-state index contributed by atoms with van der Waals surface area (Å²) < 4.78 is 5.23. The van der Waals surface area contributed by atoms with Crippen molar-refractivity contribution in [3.05, 3.63) is 41.5 Å². The number of hydrogen-bond donors (Lipinski definition) is 2. The van der Waals surface area contributed by atoms with Gasteiger partial charge < -0.3 is 10.1 Å². The van der Waals surface area contributed by atoms with Crippen molar-refractivity contribution in [2.45, 2.75) is 19.9 Å². The van der Waals surface area contributed by atoms with Gasteiger partial charge in [0.1, 0.15) is 17.9 Å². The molecule has 2 aromatic rings. The number of aromatic nitrogens is 3.